The van der Waals surface area contributed by atoms with E-state index in [0.717, 1.165) is 0 Å². The van der Waals surface area contributed by atoms with Crippen molar-refractivity contribution < 1.29 is 19.8 Å². The van der Waals surface area contributed by atoms with Gasteiger partial charge in [-0.25, -0.2) is 0 Å². The largest absolute Gasteiger partial charge is 0.480 e. The van der Waals surface area contributed by atoms with Crippen LogP contribution in [0.4, 0.5) is 0 Å². The molecule has 0 amide bonds. The second-order valence-corrected chi connectivity index (χ2v) is 6.62. The molecule has 0 saturated heterocycles. The molecule has 6 nitrogen and oxygen atoms in total. The molecule has 0 saturated carbocycles. The van der Waals surface area contributed by atoms with Crippen LogP contribution >= 0.6 is 46.4 Å². The lowest BCUT2D eigenvalue weighted by Crippen LogP contribution is -2.50. The summed E-state index contributed by atoms with van der Waals surface area (Å²) in [4.78, 5) is 21.9. The summed E-state index contributed by atoms with van der Waals surface area (Å²) < 4.78 is 0. The van der Waals surface area contributed by atoms with Crippen LogP contribution in [0.25, 0.3) is 0 Å². The number of hydrogen-bond acceptors (Lipinski definition) is 6. The van der Waals surface area contributed by atoms with E-state index >= 15 is 0 Å². The lowest BCUT2D eigenvalue weighted by molar-refractivity contribution is -0.143. The van der Waals surface area contributed by atoms with Crippen LogP contribution in [0, 0.1) is 0 Å². The van der Waals surface area contributed by atoms with Gasteiger partial charge in [-0.05, 0) is 12.8 Å². The molecule has 0 unspecified atom stereocenters. The molecule has 20 heavy (non-hydrogen) atoms. The molecule has 0 aliphatic carbocycles. The van der Waals surface area contributed by atoms with Crippen molar-refractivity contribution in [3.05, 3.63) is 0 Å². The maximum Gasteiger partial charge on any atom is 0.324 e. The van der Waals surface area contributed by atoms with Crippen molar-refractivity contribution in [1.29, 1.82) is 0 Å². The van der Waals surface area contributed by atoms with Crippen molar-refractivity contribution >= 4 is 58.3 Å². The van der Waals surface area contributed by atoms with Crippen LogP contribution in [0.3, 0.4) is 0 Å². The Morgan fingerprint density at radius 2 is 1.15 bits per heavy atom. The number of hydrogen-bond donors (Lipinski definition) is 4. The Labute approximate surface area is 139 Å². The fraction of sp³-hybridized carbons (Fsp3) is 0.800. The van der Waals surface area contributed by atoms with Crippen LogP contribution < -0.4 is 11.5 Å². The second-order valence-electron chi connectivity index (χ2n) is 4.15. The monoisotopic (exact) mass is 368 g/mol. The molecule has 10 heteroatoms. The first-order chi connectivity index (χ1) is 8.22. The molecule has 0 radical (unpaired) electrons. The Hall–Kier alpha value is 0.140. The van der Waals surface area contributed by atoms with Crippen LogP contribution in [-0.2, 0) is 9.59 Å². The van der Waals surface area contributed by atoms with E-state index in [4.69, 9.17) is 21.7 Å². The zero-order valence-electron chi connectivity index (χ0n) is 11.3. The lowest BCUT2D eigenvalue weighted by Gasteiger charge is -2.24. The number of carboxylic acids is 2. The highest BCUT2D eigenvalue weighted by Gasteiger charge is 2.34. The van der Waals surface area contributed by atoms with E-state index in [1.54, 1.807) is 13.8 Å². The van der Waals surface area contributed by atoms with E-state index in [1.165, 1.54) is 21.6 Å². The third-order valence-corrected chi connectivity index (χ3v) is 5.47. The summed E-state index contributed by atoms with van der Waals surface area (Å²) >= 11 is 0. The molecule has 122 valence electrons. The number of nitrogens with two attached hydrogens (primary N) is 2. The average molecular weight is 369 g/mol. The molecule has 0 fully saturated rings. The first-order valence-electron chi connectivity index (χ1n) is 5.51. The third-order valence-electron chi connectivity index (χ3n) is 2.83. The van der Waals surface area contributed by atoms with Crippen LogP contribution in [0.15, 0.2) is 0 Å². The van der Waals surface area contributed by atoms with E-state index < -0.39 is 23.0 Å². The molecule has 0 aromatic heterocycles. The van der Waals surface area contributed by atoms with Crippen molar-refractivity contribution in [1.82, 2.24) is 0 Å². The van der Waals surface area contributed by atoms with Crippen LogP contribution in [0.5, 0.6) is 0 Å². The Bertz CT molecular complexity index is 296. The van der Waals surface area contributed by atoms with Gasteiger partial charge in [-0.3, -0.25) is 9.59 Å². The molecule has 0 aromatic carbocycles. The normalized spacial score (nSPS) is 16.0. The molecule has 0 aliphatic rings. The minimum absolute atomic E-state index is 0. The van der Waals surface area contributed by atoms with Gasteiger partial charge in [-0.1, -0.05) is 35.4 Å². The van der Waals surface area contributed by atoms with E-state index in [1.807, 2.05) is 0 Å². The first kappa shape index (κ1) is 25.1. The van der Waals surface area contributed by atoms with Crippen molar-refractivity contribution in [2.24, 2.45) is 11.5 Å². The highest BCUT2D eigenvalue weighted by Crippen LogP contribution is 2.29. The van der Waals surface area contributed by atoms with Crippen molar-refractivity contribution in [3.8, 4) is 0 Å². The SMILES string of the molecule is CC[C@](N)(CSSC[C@@](N)(CC)C(=O)O)C(=O)O.Cl.Cl. The second kappa shape index (κ2) is 10.8. The van der Waals surface area contributed by atoms with Crippen molar-refractivity contribution in [2.75, 3.05) is 11.5 Å². The topological polar surface area (TPSA) is 127 Å². The standard InChI is InChI=1S/C10H20N2O4S2.2ClH/c1-3-9(11,7(13)14)5-17-18-6-10(12,4-2)8(15)16;;/h3-6,11-12H2,1-2H3,(H,13,14)(H,15,16);2*1H/t9-,10-;;/m0../s1. The maximum absolute atomic E-state index is 10.9. The zero-order chi connectivity index (χ0) is 14.4. The zero-order valence-corrected chi connectivity index (χ0v) is 14.6. The summed E-state index contributed by atoms with van der Waals surface area (Å²) in [6.07, 6.45) is 0.632. The molecular weight excluding hydrogens is 347 g/mol. The summed E-state index contributed by atoms with van der Waals surface area (Å²) in [5.74, 6) is -1.68. The van der Waals surface area contributed by atoms with Gasteiger partial charge in [0.2, 0.25) is 0 Å². The molecule has 6 N–H and O–H groups in total. The molecular formula is C10H22Cl2N2O4S2. The molecule has 2 atom stereocenters. The minimum atomic E-state index is -1.27. The average Bonchev–Trinajstić information content (AvgIpc) is 2.33. The molecule has 0 heterocycles. The van der Waals surface area contributed by atoms with Crippen LogP contribution in [0.1, 0.15) is 26.7 Å². The van der Waals surface area contributed by atoms with Crippen molar-refractivity contribution in [2.45, 2.75) is 37.8 Å². The number of carboxylic acid groups (broad SMARTS) is 2. The summed E-state index contributed by atoms with van der Waals surface area (Å²) in [6.45, 7) is 3.41. The lowest BCUT2D eigenvalue weighted by atomic mass is 10.0. The van der Waals surface area contributed by atoms with E-state index in [0.29, 0.717) is 12.8 Å². The van der Waals surface area contributed by atoms with E-state index in [-0.39, 0.29) is 36.3 Å². The third kappa shape index (κ3) is 7.24. The summed E-state index contributed by atoms with van der Waals surface area (Å²) in [5.41, 5.74) is 8.85. The Morgan fingerprint density at radius 3 is 1.30 bits per heavy atom. The highest BCUT2D eigenvalue weighted by molar-refractivity contribution is 8.76. The minimum Gasteiger partial charge on any atom is -0.480 e. The quantitative estimate of drug-likeness (QED) is 0.357. The van der Waals surface area contributed by atoms with Crippen molar-refractivity contribution in [3.63, 3.8) is 0 Å². The molecule has 0 rings (SSSR count). The number of carbonyl (C=O) groups is 2. The van der Waals surface area contributed by atoms with Crippen LogP contribution in [0.2, 0.25) is 0 Å². The van der Waals surface area contributed by atoms with Gasteiger partial charge < -0.3 is 21.7 Å². The van der Waals surface area contributed by atoms with Gasteiger partial charge in [0.25, 0.3) is 0 Å². The highest BCUT2D eigenvalue weighted by atomic mass is 35.5. The number of rotatable bonds is 9. The van der Waals surface area contributed by atoms with Gasteiger partial charge in [-0.2, -0.15) is 0 Å². The molecule has 0 aromatic rings. The fourth-order valence-corrected chi connectivity index (χ4v) is 3.93. The fourth-order valence-electron chi connectivity index (χ4n) is 0.924. The molecule has 0 bridgehead atoms. The van der Waals surface area contributed by atoms with E-state index in [9.17, 15) is 9.59 Å². The molecule has 0 aliphatic heterocycles. The Kier molecular flexibility index (Phi) is 13.6. The predicted molar refractivity (Wildman–Crippen MR) is 89.1 cm³/mol. The predicted octanol–water partition coefficient (Wildman–Crippen LogP) is 1.60. The van der Waals surface area contributed by atoms with Gasteiger partial charge in [0.05, 0.1) is 0 Å². The maximum atomic E-state index is 10.9. The van der Waals surface area contributed by atoms with Gasteiger partial charge in [0.1, 0.15) is 11.1 Å². The number of aliphatic carboxylic acids is 2. The Balaban J connectivity index is -0.00000144. The van der Waals surface area contributed by atoms with Crippen LogP contribution in [-0.4, -0.2) is 44.7 Å². The van der Waals surface area contributed by atoms with Gasteiger partial charge in [0, 0.05) is 11.5 Å². The summed E-state index contributed by atoms with van der Waals surface area (Å²) in [6, 6.07) is 0. The summed E-state index contributed by atoms with van der Waals surface area (Å²) in [5, 5.41) is 17.9. The van der Waals surface area contributed by atoms with Gasteiger partial charge in [-0.15, -0.1) is 24.8 Å². The Morgan fingerprint density at radius 1 is 0.900 bits per heavy atom. The van der Waals surface area contributed by atoms with Gasteiger partial charge in [0.15, 0.2) is 0 Å². The summed E-state index contributed by atoms with van der Waals surface area (Å²) in [7, 11) is 2.48. The van der Waals surface area contributed by atoms with E-state index in [2.05, 4.69) is 0 Å². The number of halogens is 2. The first-order valence-corrected chi connectivity index (χ1v) is 7.99. The smallest absolute Gasteiger partial charge is 0.324 e. The molecule has 0 spiro atoms. The van der Waals surface area contributed by atoms with Gasteiger partial charge >= 0.3 is 11.9 Å².